The van der Waals surface area contributed by atoms with Gasteiger partial charge in [0.05, 0.1) is 20.9 Å². The summed E-state index contributed by atoms with van der Waals surface area (Å²) in [7, 11) is -4.03. The number of rotatable bonds is 5. The van der Waals surface area contributed by atoms with Gasteiger partial charge >= 0.3 is 6.03 Å². The molecule has 0 radical (unpaired) electrons. The first-order valence-corrected chi connectivity index (χ1v) is 13.4. The first-order valence-electron chi connectivity index (χ1n) is 10.8. The van der Waals surface area contributed by atoms with E-state index in [9.17, 15) is 18.0 Å². The molecule has 0 aliphatic carbocycles. The third-order valence-electron chi connectivity index (χ3n) is 5.66. The SMILES string of the molecule is O=C(Nc1ccc(-n2cnc3cc(N4CCCC4)ccc3c2=O)cc1)NS(=O)(=O)c1ccc(Cl)s1. The van der Waals surface area contributed by atoms with E-state index in [4.69, 9.17) is 11.6 Å². The highest BCUT2D eigenvalue weighted by Gasteiger charge is 2.20. The van der Waals surface area contributed by atoms with E-state index in [0.717, 1.165) is 30.1 Å². The molecule has 1 saturated heterocycles. The van der Waals surface area contributed by atoms with Gasteiger partial charge in [0.15, 0.2) is 0 Å². The highest BCUT2D eigenvalue weighted by atomic mass is 35.5. The van der Waals surface area contributed by atoms with Crippen molar-refractivity contribution in [3.05, 3.63) is 75.6 Å². The summed E-state index contributed by atoms with van der Waals surface area (Å²) in [5.74, 6) is 0. The predicted molar refractivity (Wildman–Crippen MR) is 137 cm³/mol. The molecular formula is C23H20ClN5O4S2. The number of nitrogens with one attached hydrogen (secondary N) is 2. The number of carbonyl (C=O) groups is 1. The maximum absolute atomic E-state index is 13.1. The summed E-state index contributed by atoms with van der Waals surface area (Å²) in [5.41, 5.74) is 2.40. The van der Waals surface area contributed by atoms with Gasteiger partial charge in [-0.25, -0.2) is 22.9 Å². The Labute approximate surface area is 210 Å². The van der Waals surface area contributed by atoms with Crippen molar-refractivity contribution in [3.8, 4) is 5.69 Å². The number of fused-ring (bicyclic) bond motifs is 1. The molecule has 5 rings (SSSR count). The van der Waals surface area contributed by atoms with Crippen LogP contribution < -0.4 is 20.5 Å². The summed E-state index contributed by atoms with van der Waals surface area (Å²) >= 11 is 6.62. The van der Waals surface area contributed by atoms with Crippen LogP contribution >= 0.6 is 22.9 Å². The number of hydrogen-bond acceptors (Lipinski definition) is 7. The van der Waals surface area contributed by atoms with Crippen molar-refractivity contribution >= 4 is 61.3 Å². The number of urea groups is 1. The lowest BCUT2D eigenvalue weighted by molar-refractivity contribution is 0.256. The number of nitrogens with zero attached hydrogens (tertiary/aromatic N) is 3. The molecule has 12 heteroatoms. The molecular weight excluding hydrogens is 510 g/mol. The monoisotopic (exact) mass is 529 g/mol. The predicted octanol–water partition coefficient (Wildman–Crippen LogP) is 4.21. The quantitative estimate of drug-likeness (QED) is 0.400. The lowest BCUT2D eigenvalue weighted by Gasteiger charge is -2.17. The minimum atomic E-state index is -4.03. The number of halogens is 1. The molecule has 0 saturated carbocycles. The molecule has 1 fully saturated rings. The molecule has 2 N–H and O–H groups in total. The fourth-order valence-electron chi connectivity index (χ4n) is 3.94. The molecule has 0 spiro atoms. The average Bonchev–Trinajstić information content (AvgIpc) is 3.52. The van der Waals surface area contributed by atoms with Gasteiger partial charge in [-0.3, -0.25) is 9.36 Å². The zero-order valence-corrected chi connectivity index (χ0v) is 20.7. The minimum Gasteiger partial charge on any atom is -0.371 e. The fourth-order valence-corrected chi connectivity index (χ4v) is 6.33. The van der Waals surface area contributed by atoms with Gasteiger partial charge in [-0.15, -0.1) is 11.3 Å². The molecule has 0 atom stereocenters. The van der Waals surface area contributed by atoms with Crippen molar-refractivity contribution in [2.45, 2.75) is 17.1 Å². The number of amides is 2. The number of aromatic nitrogens is 2. The van der Waals surface area contributed by atoms with Gasteiger partial charge in [0.2, 0.25) is 0 Å². The van der Waals surface area contributed by atoms with Crippen molar-refractivity contribution in [1.29, 1.82) is 0 Å². The van der Waals surface area contributed by atoms with Crippen LogP contribution in [0.4, 0.5) is 16.2 Å². The largest absolute Gasteiger partial charge is 0.371 e. The highest BCUT2D eigenvalue weighted by Crippen LogP contribution is 2.26. The van der Waals surface area contributed by atoms with E-state index >= 15 is 0 Å². The van der Waals surface area contributed by atoms with Crippen molar-refractivity contribution < 1.29 is 13.2 Å². The lowest BCUT2D eigenvalue weighted by atomic mass is 10.2. The summed E-state index contributed by atoms with van der Waals surface area (Å²) in [5, 5.41) is 2.98. The molecule has 1 aliphatic heterocycles. The van der Waals surface area contributed by atoms with Crippen LogP contribution in [-0.2, 0) is 10.0 Å². The first-order chi connectivity index (χ1) is 16.8. The lowest BCUT2D eigenvalue weighted by Crippen LogP contribution is -2.33. The Morgan fingerprint density at radius 3 is 2.40 bits per heavy atom. The Bertz CT molecular complexity index is 1580. The fraction of sp³-hybridized carbons (Fsp3) is 0.174. The van der Waals surface area contributed by atoms with Gasteiger partial charge < -0.3 is 10.2 Å². The van der Waals surface area contributed by atoms with E-state index in [0.29, 0.717) is 26.6 Å². The average molecular weight is 530 g/mol. The van der Waals surface area contributed by atoms with Gasteiger partial charge in [0.1, 0.15) is 10.5 Å². The van der Waals surface area contributed by atoms with Gasteiger partial charge in [-0.2, -0.15) is 0 Å². The number of benzene rings is 2. The zero-order chi connectivity index (χ0) is 24.6. The topological polar surface area (TPSA) is 113 Å². The van der Waals surface area contributed by atoms with E-state index in [1.807, 2.05) is 16.9 Å². The molecule has 180 valence electrons. The van der Waals surface area contributed by atoms with E-state index in [2.05, 4.69) is 15.2 Å². The number of carbonyl (C=O) groups excluding carboxylic acids is 1. The Hall–Kier alpha value is -3.41. The minimum absolute atomic E-state index is 0.0660. The van der Waals surface area contributed by atoms with Crippen LogP contribution in [0.2, 0.25) is 4.34 Å². The van der Waals surface area contributed by atoms with Crippen LogP contribution in [0, 0.1) is 0 Å². The second-order valence-electron chi connectivity index (χ2n) is 7.98. The third kappa shape index (κ3) is 4.88. The molecule has 4 aromatic rings. The van der Waals surface area contributed by atoms with E-state index in [1.54, 1.807) is 30.3 Å². The van der Waals surface area contributed by atoms with E-state index in [-0.39, 0.29) is 9.77 Å². The molecule has 35 heavy (non-hydrogen) atoms. The summed E-state index contributed by atoms with van der Waals surface area (Å²) in [6, 6.07) is 13.9. The van der Waals surface area contributed by atoms with Gasteiger partial charge in [-0.1, -0.05) is 11.6 Å². The van der Waals surface area contributed by atoms with Crippen LogP contribution in [0.3, 0.4) is 0 Å². The van der Waals surface area contributed by atoms with Crippen molar-refractivity contribution in [3.63, 3.8) is 0 Å². The van der Waals surface area contributed by atoms with Crippen molar-refractivity contribution in [1.82, 2.24) is 14.3 Å². The summed E-state index contributed by atoms with van der Waals surface area (Å²) in [4.78, 5) is 32.0. The molecule has 3 heterocycles. The smallest absolute Gasteiger partial charge is 0.333 e. The van der Waals surface area contributed by atoms with Gasteiger partial charge in [0.25, 0.3) is 15.6 Å². The summed E-state index contributed by atoms with van der Waals surface area (Å²) < 4.78 is 28.1. The first kappa shape index (κ1) is 23.3. The summed E-state index contributed by atoms with van der Waals surface area (Å²) in [6.45, 7) is 2.02. The molecule has 2 aromatic heterocycles. The zero-order valence-electron chi connectivity index (χ0n) is 18.3. The van der Waals surface area contributed by atoms with Crippen LogP contribution in [-0.4, -0.2) is 37.1 Å². The van der Waals surface area contributed by atoms with E-state index in [1.165, 1.54) is 35.9 Å². The molecule has 0 unspecified atom stereocenters. The molecule has 2 aromatic carbocycles. The van der Waals surface area contributed by atoms with Crippen molar-refractivity contribution in [2.24, 2.45) is 0 Å². The standard InChI is InChI=1S/C23H20ClN5O4S2/c24-20-9-10-21(34-20)35(32,33)27-23(31)26-15-3-5-16(6-4-15)29-14-25-19-13-17(28-11-1-2-12-28)7-8-18(19)22(29)30/h3-10,13-14H,1-2,11-12H2,(H2,26,27,31). The number of sulfonamides is 1. The molecule has 9 nitrogen and oxygen atoms in total. The van der Waals surface area contributed by atoms with Crippen LogP contribution in [0.25, 0.3) is 16.6 Å². The summed E-state index contributed by atoms with van der Waals surface area (Å²) in [6.07, 6.45) is 3.81. The normalized spacial score (nSPS) is 13.8. The molecule has 2 amide bonds. The van der Waals surface area contributed by atoms with Gasteiger partial charge in [0, 0.05) is 24.5 Å². The van der Waals surface area contributed by atoms with Crippen LogP contribution in [0.5, 0.6) is 0 Å². The van der Waals surface area contributed by atoms with Crippen molar-refractivity contribution in [2.75, 3.05) is 23.3 Å². The Balaban J connectivity index is 1.32. The van der Waals surface area contributed by atoms with Gasteiger partial charge in [-0.05, 0) is 67.4 Å². The number of anilines is 2. The number of thiophene rings is 1. The Morgan fingerprint density at radius 1 is 1.00 bits per heavy atom. The van der Waals surface area contributed by atoms with Crippen LogP contribution in [0.1, 0.15) is 12.8 Å². The second kappa shape index (κ2) is 9.33. The Morgan fingerprint density at radius 2 is 1.71 bits per heavy atom. The molecule has 0 bridgehead atoms. The maximum Gasteiger partial charge on any atom is 0.333 e. The molecule has 1 aliphatic rings. The second-order valence-corrected chi connectivity index (χ2v) is 11.6. The van der Waals surface area contributed by atoms with Crippen LogP contribution in [0.15, 0.2) is 69.9 Å². The number of hydrogen-bond donors (Lipinski definition) is 2. The Kier molecular flexibility index (Phi) is 6.22. The third-order valence-corrected chi connectivity index (χ3v) is 8.71. The van der Waals surface area contributed by atoms with E-state index < -0.39 is 16.1 Å². The maximum atomic E-state index is 13.1. The highest BCUT2D eigenvalue weighted by molar-refractivity contribution is 7.92.